The van der Waals surface area contributed by atoms with Gasteiger partial charge >= 0.3 is 0 Å². The van der Waals surface area contributed by atoms with Crippen LogP contribution in [0.2, 0.25) is 0 Å². The summed E-state index contributed by atoms with van der Waals surface area (Å²) in [5.74, 6) is 0.883. The molecule has 1 fully saturated rings. The maximum atomic E-state index is 5.00. The van der Waals surface area contributed by atoms with Crippen molar-refractivity contribution in [2.24, 2.45) is 5.92 Å². The highest BCUT2D eigenvalue weighted by molar-refractivity contribution is 4.80. The maximum absolute atomic E-state index is 5.00. The molecule has 3 nitrogen and oxygen atoms in total. The lowest BCUT2D eigenvalue weighted by molar-refractivity contribution is 0.193. The van der Waals surface area contributed by atoms with Crippen molar-refractivity contribution in [3.8, 4) is 0 Å². The Kier molecular flexibility index (Phi) is 6.22. The number of hydrogen-bond acceptors (Lipinski definition) is 3. The number of hydrogen-bond donors (Lipinski definition) is 1. The van der Waals surface area contributed by atoms with Crippen LogP contribution in [0.4, 0.5) is 0 Å². The molecule has 0 saturated carbocycles. The SMILES string of the molecule is COCCCNCCN1CC(C)CC1C. The lowest BCUT2D eigenvalue weighted by Crippen LogP contribution is -2.34. The summed E-state index contributed by atoms with van der Waals surface area (Å²) in [7, 11) is 1.76. The van der Waals surface area contributed by atoms with Gasteiger partial charge in [-0.15, -0.1) is 0 Å². The fourth-order valence-corrected chi connectivity index (χ4v) is 2.39. The van der Waals surface area contributed by atoms with E-state index in [4.69, 9.17) is 4.74 Å². The van der Waals surface area contributed by atoms with Crippen LogP contribution in [0, 0.1) is 5.92 Å². The van der Waals surface area contributed by atoms with Crippen molar-refractivity contribution in [2.45, 2.75) is 32.7 Å². The second kappa shape index (κ2) is 7.20. The van der Waals surface area contributed by atoms with Crippen molar-refractivity contribution in [3.63, 3.8) is 0 Å². The molecule has 2 atom stereocenters. The van der Waals surface area contributed by atoms with Crippen LogP contribution in [0.15, 0.2) is 0 Å². The molecule has 0 aromatic carbocycles. The summed E-state index contributed by atoms with van der Waals surface area (Å²) in [5.41, 5.74) is 0. The smallest absolute Gasteiger partial charge is 0.0474 e. The summed E-state index contributed by atoms with van der Waals surface area (Å²) >= 11 is 0. The topological polar surface area (TPSA) is 24.5 Å². The van der Waals surface area contributed by atoms with Gasteiger partial charge in [-0.2, -0.15) is 0 Å². The van der Waals surface area contributed by atoms with Gasteiger partial charge in [-0.3, -0.25) is 4.90 Å². The van der Waals surface area contributed by atoms with E-state index in [1.165, 1.54) is 19.5 Å². The van der Waals surface area contributed by atoms with Crippen molar-refractivity contribution >= 4 is 0 Å². The first kappa shape index (κ1) is 12.9. The fraction of sp³-hybridized carbons (Fsp3) is 1.00. The van der Waals surface area contributed by atoms with Crippen molar-refractivity contribution in [3.05, 3.63) is 0 Å². The molecule has 1 aliphatic heterocycles. The summed E-state index contributed by atoms with van der Waals surface area (Å²) in [6, 6.07) is 0.778. The van der Waals surface area contributed by atoms with Crippen LogP contribution in [0.1, 0.15) is 26.7 Å². The molecule has 1 heterocycles. The summed E-state index contributed by atoms with van der Waals surface area (Å²) in [4.78, 5) is 2.59. The predicted molar refractivity (Wildman–Crippen MR) is 64.2 cm³/mol. The lowest BCUT2D eigenvalue weighted by Gasteiger charge is -2.20. The van der Waals surface area contributed by atoms with E-state index < -0.39 is 0 Å². The van der Waals surface area contributed by atoms with Crippen molar-refractivity contribution in [1.29, 1.82) is 0 Å². The van der Waals surface area contributed by atoms with E-state index in [1.807, 2.05) is 0 Å². The minimum atomic E-state index is 0.778. The Morgan fingerprint density at radius 2 is 2.13 bits per heavy atom. The first-order valence-electron chi connectivity index (χ1n) is 6.17. The second-order valence-electron chi connectivity index (χ2n) is 4.78. The molecule has 15 heavy (non-hydrogen) atoms. The highest BCUT2D eigenvalue weighted by atomic mass is 16.5. The number of nitrogens with one attached hydrogen (secondary N) is 1. The molecule has 0 spiro atoms. The zero-order chi connectivity index (χ0) is 11.1. The second-order valence-corrected chi connectivity index (χ2v) is 4.78. The summed E-state index contributed by atoms with van der Waals surface area (Å²) in [6.45, 7) is 10.2. The number of nitrogens with zero attached hydrogens (tertiary/aromatic N) is 1. The molecule has 1 aliphatic rings. The quantitative estimate of drug-likeness (QED) is 0.647. The number of methoxy groups -OCH3 is 1. The third-order valence-corrected chi connectivity index (χ3v) is 3.19. The number of rotatable bonds is 7. The van der Waals surface area contributed by atoms with E-state index in [0.717, 1.165) is 38.1 Å². The minimum absolute atomic E-state index is 0.778. The van der Waals surface area contributed by atoms with E-state index in [1.54, 1.807) is 7.11 Å². The van der Waals surface area contributed by atoms with Crippen LogP contribution < -0.4 is 5.32 Å². The largest absolute Gasteiger partial charge is 0.385 e. The molecule has 0 radical (unpaired) electrons. The molecule has 1 rings (SSSR count). The van der Waals surface area contributed by atoms with Crippen LogP contribution >= 0.6 is 0 Å². The molecule has 0 amide bonds. The molecule has 90 valence electrons. The first-order valence-corrected chi connectivity index (χ1v) is 6.17. The molecular formula is C12H26N2O. The van der Waals surface area contributed by atoms with Gasteiger partial charge in [-0.1, -0.05) is 6.92 Å². The van der Waals surface area contributed by atoms with Gasteiger partial charge in [-0.05, 0) is 32.2 Å². The first-order chi connectivity index (χ1) is 7.24. The van der Waals surface area contributed by atoms with Crippen LogP contribution in [0.3, 0.4) is 0 Å². The van der Waals surface area contributed by atoms with Crippen molar-refractivity contribution in [2.75, 3.05) is 39.9 Å². The van der Waals surface area contributed by atoms with E-state index >= 15 is 0 Å². The van der Waals surface area contributed by atoms with Gasteiger partial charge in [0.2, 0.25) is 0 Å². The Bertz CT molecular complexity index is 164. The molecule has 0 aromatic heterocycles. The number of likely N-dealkylation sites (tertiary alicyclic amines) is 1. The van der Waals surface area contributed by atoms with E-state index in [2.05, 4.69) is 24.1 Å². The minimum Gasteiger partial charge on any atom is -0.385 e. The average molecular weight is 214 g/mol. The summed E-state index contributed by atoms with van der Waals surface area (Å²) < 4.78 is 5.00. The van der Waals surface area contributed by atoms with Crippen LogP contribution in [-0.2, 0) is 4.74 Å². The zero-order valence-electron chi connectivity index (χ0n) is 10.5. The summed E-state index contributed by atoms with van der Waals surface area (Å²) in [6.07, 6.45) is 2.48. The van der Waals surface area contributed by atoms with Crippen LogP contribution in [-0.4, -0.2) is 50.8 Å². The third-order valence-electron chi connectivity index (χ3n) is 3.19. The molecule has 0 bridgehead atoms. The summed E-state index contributed by atoms with van der Waals surface area (Å²) in [5, 5.41) is 3.46. The van der Waals surface area contributed by atoms with Crippen LogP contribution in [0.5, 0.6) is 0 Å². The lowest BCUT2D eigenvalue weighted by atomic mass is 10.1. The molecule has 2 unspecified atom stereocenters. The zero-order valence-corrected chi connectivity index (χ0v) is 10.5. The van der Waals surface area contributed by atoms with Gasteiger partial charge in [0.15, 0.2) is 0 Å². The van der Waals surface area contributed by atoms with E-state index in [0.29, 0.717) is 0 Å². The van der Waals surface area contributed by atoms with Gasteiger partial charge in [0.1, 0.15) is 0 Å². The molecule has 0 aliphatic carbocycles. The van der Waals surface area contributed by atoms with Gasteiger partial charge in [-0.25, -0.2) is 0 Å². The molecule has 1 saturated heterocycles. The highest BCUT2D eigenvalue weighted by Crippen LogP contribution is 2.21. The maximum Gasteiger partial charge on any atom is 0.0474 e. The van der Waals surface area contributed by atoms with Crippen LogP contribution in [0.25, 0.3) is 0 Å². The van der Waals surface area contributed by atoms with E-state index in [9.17, 15) is 0 Å². The molecular weight excluding hydrogens is 188 g/mol. The third kappa shape index (κ3) is 4.96. The van der Waals surface area contributed by atoms with Crippen molar-refractivity contribution in [1.82, 2.24) is 10.2 Å². The Balaban J connectivity index is 1.96. The molecule has 3 heteroatoms. The Morgan fingerprint density at radius 1 is 1.33 bits per heavy atom. The van der Waals surface area contributed by atoms with Gasteiger partial charge in [0.25, 0.3) is 0 Å². The average Bonchev–Trinajstić information content (AvgIpc) is 2.51. The van der Waals surface area contributed by atoms with Crippen molar-refractivity contribution < 1.29 is 4.74 Å². The fourth-order valence-electron chi connectivity index (χ4n) is 2.39. The molecule has 0 aromatic rings. The number of ether oxygens (including phenoxy) is 1. The normalized spacial score (nSPS) is 27.4. The Hall–Kier alpha value is -0.120. The van der Waals surface area contributed by atoms with Gasteiger partial charge in [0, 0.05) is 39.4 Å². The van der Waals surface area contributed by atoms with Gasteiger partial charge in [0.05, 0.1) is 0 Å². The Labute approximate surface area is 94.2 Å². The highest BCUT2D eigenvalue weighted by Gasteiger charge is 2.24. The molecule has 1 N–H and O–H groups in total. The standard InChI is InChI=1S/C12H26N2O/c1-11-9-12(2)14(10-11)7-6-13-5-4-8-15-3/h11-13H,4-10H2,1-3H3. The predicted octanol–water partition coefficient (Wildman–Crippen LogP) is 1.34. The van der Waals surface area contributed by atoms with Gasteiger partial charge < -0.3 is 10.1 Å². The Morgan fingerprint density at radius 3 is 2.73 bits per heavy atom. The monoisotopic (exact) mass is 214 g/mol. The van der Waals surface area contributed by atoms with E-state index in [-0.39, 0.29) is 0 Å².